The van der Waals surface area contributed by atoms with E-state index in [4.69, 9.17) is 5.73 Å². The van der Waals surface area contributed by atoms with Gasteiger partial charge < -0.3 is 10.6 Å². The highest BCUT2D eigenvalue weighted by atomic mass is 16.2. The number of hydrogen-bond acceptors (Lipinski definition) is 2. The fourth-order valence-corrected chi connectivity index (χ4v) is 1.40. The van der Waals surface area contributed by atoms with Crippen LogP contribution < -0.4 is 5.73 Å². The van der Waals surface area contributed by atoms with Crippen LogP contribution in [0.2, 0.25) is 0 Å². The molecule has 0 heterocycles. The maximum atomic E-state index is 11.8. The monoisotopic (exact) mass is 206 g/mol. The number of amides is 1. The van der Waals surface area contributed by atoms with Gasteiger partial charge in [0, 0.05) is 25.7 Å². The highest BCUT2D eigenvalue weighted by Gasteiger charge is 2.09. The molecule has 0 aliphatic carbocycles. The van der Waals surface area contributed by atoms with Gasteiger partial charge in [0.15, 0.2) is 0 Å². The van der Waals surface area contributed by atoms with Crippen molar-refractivity contribution < 1.29 is 4.79 Å². The summed E-state index contributed by atoms with van der Waals surface area (Å²) in [7, 11) is 1.77. The SMILES string of the molecule is CCc1ccc(C(=O)N(C)CCN)cc1. The Kier molecular flexibility index (Phi) is 4.31. The number of benzene rings is 1. The smallest absolute Gasteiger partial charge is 0.253 e. The largest absolute Gasteiger partial charge is 0.340 e. The molecule has 2 N–H and O–H groups in total. The molecule has 1 amide bonds. The van der Waals surface area contributed by atoms with E-state index in [1.807, 2.05) is 24.3 Å². The minimum absolute atomic E-state index is 0.0307. The lowest BCUT2D eigenvalue weighted by Crippen LogP contribution is -2.31. The van der Waals surface area contributed by atoms with Crippen molar-refractivity contribution in [2.24, 2.45) is 5.73 Å². The molecule has 82 valence electrons. The number of aryl methyl sites for hydroxylation is 1. The lowest BCUT2D eigenvalue weighted by Gasteiger charge is -2.15. The minimum Gasteiger partial charge on any atom is -0.340 e. The minimum atomic E-state index is 0.0307. The second-order valence-corrected chi connectivity index (χ2v) is 3.57. The fourth-order valence-electron chi connectivity index (χ4n) is 1.40. The number of hydrogen-bond donors (Lipinski definition) is 1. The maximum absolute atomic E-state index is 11.8. The molecule has 1 aromatic carbocycles. The van der Waals surface area contributed by atoms with Gasteiger partial charge in [-0.15, -0.1) is 0 Å². The molecule has 0 fully saturated rings. The molecule has 0 saturated heterocycles. The summed E-state index contributed by atoms with van der Waals surface area (Å²) in [6.45, 7) is 3.18. The number of carbonyl (C=O) groups excluding carboxylic acids is 1. The molecule has 0 radical (unpaired) electrons. The summed E-state index contributed by atoms with van der Waals surface area (Å²) in [5, 5.41) is 0. The van der Waals surface area contributed by atoms with E-state index in [2.05, 4.69) is 6.92 Å². The third kappa shape index (κ3) is 3.06. The van der Waals surface area contributed by atoms with Gasteiger partial charge in [0.1, 0.15) is 0 Å². The summed E-state index contributed by atoms with van der Waals surface area (Å²) >= 11 is 0. The first-order valence-corrected chi connectivity index (χ1v) is 5.23. The van der Waals surface area contributed by atoms with Crippen molar-refractivity contribution in [1.29, 1.82) is 0 Å². The summed E-state index contributed by atoms with van der Waals surface area (Å²) in [5.41, 5.74) is 7.37. The number of nitrogens with two attached hydrogens (primary N) is 1. The summed E-state index contributed by atoms with van der Waals surface area (Å²) in [6, 6.07) is 7.72. The van der Waals surface area contributed by atoms with Gasteiger partial charge in [-0.3, -0.25) is 4.79 Å². The van der Waals surface area contributed by atoms with Gasteiger partial charge in [-0.05, 0) is 24.1 Å². The Morgan fingerprint density at radius 3 is 2.40 bits per heavy atom. The third-order valence-electron chi connectivity index (χ3n) is 2.42. The molecule has 3 nitrogen and oxygen atoms in total. The Morgan fingerprint density at radius 1 is 1.33 bits per heavy atom. The predicted octanol–water partition coefficient (Wildman–Crippen LogP) is 1.28. The number of likely N-dealkylation sites (N-methyl/N-ethyl adjacent to an activating group) is 1. The van der Waals surface area contributed by atoms with Crippen molar-refractivity contribution in [2.45, 2.75) is 13.3 Å². The van der Waals surface area contributed by atoms with E-state index in [0.29, 0.717) is 13.1 Å². The molecule has 0 atom stereocenters. The Labute approximate surface area is 90.9 Å². The van der Waals surface area contributed by atoms with Crippen molar-refractivity contribution >= 4 is 5.91 Å². The Balaban J connectivity index is 2.73. The van der Waals surface area contributed by atoms with Gasteiger partial charge >= 0.3 is 0 Å². The zero-order valence-electron chi connectivity index (χ0n) is 9.36. The van der Waals surface area contributed by atoms with Gasteiger partial charge in [0.05, 0.1) is 0 Å². The molecule has 0 aliphatic heterocycles. The highest BCUT2D eigenvalue weighted by molar-refractivity contribution is 5.94. The normalized spacial score (nSPS) is 10.1. The quantitative estimate of drug-likeness (QED) is 0.806. The van der Waals surface area contributed by atoms with Crippen LogP contribution in [0, 0.1) is 0 Å². The molecule has 0 unspecified atom stereocenters. The standard InChI is InChI=1S/C12H18N2O/c1-3-10-4-6-11(7-5-10)12(15)14(2)9-8-13/h4-7H,3,8-9,13H2,1-2H3. The van der Waals surface area contributed by atoms with Gasteiger partial charge in [0.2, 0.25) is 0 Å². The van der Waals surface area contributed by atoms with Crippen LogP contribution in [0.4, 0.5) is 0 Å². The molecular formula is C12H18N2O. The number of nitrogens with zero attached hydrogens (tertiary/aromatic N) is 1. The first kappa shape index (κ1) is 11.7. The van der Waals surface area contributed by atoms with E-state index in [-0.39, 0.29) is 5.91 Å². The van der Waals surface area contributed by atoms with Crippen LogP contribution in [0.25, 0.3) is 0 Å². The molecule has 0 spiro atoms. The van der Waals surface area contributed by atoms with Crippen LogP contribution in [0.5, 0.6) is 0 Å². The molecule has 3 heteroatoms. The van der Waals surface area contributed by atoms with Gasteiger partial charge in [-0.25, -0.2) is 0 Å². The molecule has 0 saturated carbocycles. The summed E-state index contributed by atoms with van der Waals surface area (Å²) in [6.07, 6.45) is 0.993. The van der Waals surface area contributed by atoms with Gasteiger partial charge in [-0.1, -0.05) is 19.1 Å². The summed E-state index contributed by atoms with van der Waals surface area (Å²) < 4.78 is 0. The van der Waals surface area contributed by atoms with Gasteiger partial charge in [0.25, 0.3) is 5.91 Å². The molecule has 0 aliphatic rings. The number of rotatable bonds is 4. The zero-order chi connectivity index (χ0) is 11.3. The predicted molar refractivity (Wildman–Crippen MR) is 61.8 cm³/mol. The maximum Gasteiger partial charge on any atom is 0.253 e. The lowest BCUT2D eigenvalue weighted by atomic mass is 10.1. The average molecular weight is 206 g/mol. The lowest BCUT2D eigenvalue weighted by molar-refractivity contribution is 0.0799. The van der Waals surface area contributed by atoms with Crippen molar-refractivity contribution in [2.75, 3.05) is 20.1 Å². The van der Waals surface area contributed by atoms with Crippen LogP contribution in [-0.2, 0) is 6.42 Å². The molecule has 0 bridgehead atoms. The van der Waals surface area contributed by atoms with Crippen molar-refractivity contribution in [3.63, 3.8) is 0 Å². The Hall–Kier alpha value is -1.35. The van der Waals surface area contributed by atoms with Crippen LogP contribution in [-0.4, -0.2) is 30.9 Å². The van der Waals surface area contributed by atoms with E-state index in [9.17, 15) is 4.79 Å². The van der Waals surface area contributed by atoms with E-state index >= 15 is 0 Å². The summed E-state index contributed by atoms with van der Waals surface area (Å²) in [4.78, 5) is 13.4. The first-order chi connectivity index (χ1) is 7.19. The van der Waals surface area contributed by atoms with E-state index in [1.165, 1.54) is 5.56 Å². The van der Waals surface area contributed by atoms with Crippen LogP contribution >= 0.6 is 0 Å². The summed E-state index contributed by atoms with van der Waals surface area (Å²) in [5.74, 6) is 0.0307. The van der Waals surface area contributed by atoms with Crippen molar-refractivity contribution in [1.82, 2.24) is 4.90 Å². The van der Waals surface area contributed by atoms with Gasteiger partial charge in [-0.2, -0.15) is 0 Å². The molecule has 1 rings (SSSR count). The molecule has 0 aromatic heterocycles. The molecule has 1 aromatic rings. The van der Waals surface area contributed by atoms with E-state index < -0.39 is 0 Å². The van der Waals surface area contributed by atoms with Crippen molar-refractivity contribution in [3.05, 3.63) is 35.4 Å². The zero-order valence-corrected chi connectivity index (χ0v) is 9.36. The van der Waals surface area contributed by atoms with Crippen LogP contribution in [0.15, 0.2) is 24.3 Å². The third-order valence-corrected chi connectivity index (χ3v) is 2.42. The Morgan fingerprint density at radius 2 is 1.93 bits per heavy atom. The average Bonchev–Trinajstić information content (AvgIpc) is 2.28. The second kappa shape index (κ2) is 5.51. The second-order valence-electron chi connectivity index (χ2n) is 3.57. The van der Waals surface area contributed by atoms with Crippen LogP contribution in [0.3, 0.4) is 0 Å². The van der Waals surface area contributed by atoms with E-state index in [1.54, 1.807) is 11.9 Å². The van der Waals surface area contributed by atoms with Crippen LogP contribution in [0.1, 0.15) is 22.8 Å². The van der Waals surface area contributed by atoms with E-state index in [0.717, 1.165) is 12.0 Å². The first-order valence-electron chi connectivity index (χ1n) is 5.23. The highest BCUT2D eigenvalue weighted by Crippen LogP contribution is 2.07. The number of carbonyl (C=O) groups is 1. The fraction of sp³-hybridized carbons (Fsp3) is 0.417. The molecular weight excluding hydrogens is 188 g/mol. The molecule has 15 heavy (non-hydrogen) atoms. The Bertz CT molecular complexity index is 319. The van der Waals surface area contributed by atoms with Crippen molar-refractivity contribution in [3.8, 4) is 0 Å². The topological polar surface area (TPSA) is 46.3 Å².